The van der Waals surface area contributed by atoms with Crippen molar-refractivity contribution in [2.24, 2.45) is 0 Å². The molecule has 0 heterocycles. The molecule has 0 aromatic heterocycles. The van der Waals surface area contributed by atoms with Gasteiger partial charge >= 0.3 is 11.8 Å². The third kappa shape index (κ3) is 2.58. The van der Waals surface area contributed by atoms with Crippen LogP contribution >= 0.6 is 0 Å². The molecule has 0 saturated heterocycles. The summed E-state index contributed by atoms with van der Waals surface area (Å²) in [6, 6.07) is 6.25. The Kier molecular flexibility index (Phi) is 3.63. The second kappa shape index (κ2) is 4.76. The van der Waals surface area contributed by atoms with E-state index in [9.17, 15) is 14.7 Å². The van der Waals surface area contributed by atoms with Gasteiger partial charge in [0.2, 0.25) is 0 Å². The highest BCUT2D eigenvalue weighted by Gasteiger charge is 2.34. The fourth-order valence-corrected chi connectivity index (χ4v) is 1.12. The molecule has 0 spiro atoms. The average Bonchev–Trinajstić information content (AvgIpc) is 2.28. The van der Waals surface area contributed by atoms with Crippen LogP contribution in [-0.2, 0) is 9.53 Å². The second-order valence-electron chi connectivity index (χ2n) is 3.23. The average molecular weight is 224 g/mol. The first-order chi connectivity index (χ1) is 7.51. The van der Waals surface area contributed by atoms with Crippen LogP contribution in [0.1, 0.15) is 17.3 Å². The Labute approximate surface area is 92.6 Å². The molecule has 0 aliphatic heterocycles. The van der Waals surface area contributed by atoms with Crippen molar-refractivity contribution in [1.82, 2.24) is 0 Å². The van der Waals surface area contributed by atoms with Crippen molar-refractivity contribution < 1.29 is 24.2 Å². The van der Waals surface area contributed by atoms with E-state index in [0.717, 1.165) is 14.0 Å². The van der Waals surface area contributed by atoms with Crippen molar-refractivity contribution in [3.05, 3.63) is 29.8 Å². The Morgan fingerprint density at radius 2 is 2.06 bits per heavy atom. The van der Waals surface area contributed by atoms with Crippen molar-refractivity contribution in [3.63, 3.8) is 0 Å². The van der Waals surface area contributed by atoms with Crippen molar-refractivity contribution in [2.75, 3.05) is 7.11 Å². The maximum absolute atomic E-state index is 11.2. The molecule has 0 fully saturated rings. The van der Waals surface area contributed by atoms with Crippen molar-refractivity contribution in [1.29, 1.82) is 0 Å². The molecule has 1 unspecified atom stereocenters. The van der Waals surface area contributed by atoms with Crippen LogP contribution in [0.25, 0.3) is 0 Å². The van der Waals surface area contributed by atoms with Gasteiger partial charge in [-0.05, 0) is 12.1 Å². The summed E-state index contributed by atoms with van der Waals surface area (Å²) in [4.78, 5) is 21.8. The molecule has 0 amide bonds. The highest BCUT2D eigenvalue weighted by Crippen LogP contribution is 2.21. The molecular weight excluding hydrogens is 212 g/mol. The van der Waals surface area contributed by atoms with Gasteiger partial charge in [0.1, 0.15) is 5.75 Å². The minimum atomic E-state index is -2.12. The van der Waals surface area contributed by atoms with E-state index in [1.54, 1.807) is 12.1 Å². The van der Waals surface area contributed by atoms with E-state index in [0.29, 0.717) is 6.29 Å². The van der Waals surface area contributed by atoms with Gasteiger partial charge in [-0.2, -0.15) is 0 Å². The molecule has 0 bridgehead atoms. The van der Waals surface area contributed by atoms with Gasteiger partial charge in [-0.25, -0.2) is 4.79 Å². The molecule has 1 rings (SSSR count). The van der Waals surface area contributed by atoms with Crippen LogP contribution in [0.15, 0.2) is 24.3 Å². The molecule has 5 heteroatoms. The molecule has 1 atom stereocenters. The number of hydrogen-bond acceptors (Lipinski definition) is 5. The van der Waals surface area contributed by atoms with Crippen LogP contribution in [0, 0.1) is 0 Å². The lowest BCUT2D eigenvalue weighted by Gasteiger charge is -2.22. The number of esters is 1. The van der Waals surface area contributed by atoms with Crippen LogP contribution < -0.4 is 4.74 Å². The number of aldehydes is 1. The predicted octanol–water partition coefficient (Wildman–Crippen LogP) is 0.759. The van der Waals surface area contributed by atoms with Crippen LogP contribution in [0.2, 0.25) is 0 Å². The Morgan fingerprint density at radius 1 is 1.44 bits per heavy atom. The van der Waals surface area contributed by atoms with Crippen molar-refractivity contribution in [3.8, 4) is 5.75 Å². The van der Waals surface area contributed by atoms with Gasteiger partial charge in [-0.15, -0.1) is 0 Å². The highest BCUT2D eigenvalue weighted by molar-refractivity contribution is 5.81. The third-order valence-corrected chi connectivity index (χ3v) is 1.92. The summed E-state index contributed by atoms with van der Waals surface area (Å²) in [6.07, 6.45) is 0.572. The molecule has 1 aromatic rings. The number of aliphatic hydroxyl groups is 1. The topological polar surface area (TPSA) is 72.8 Å². The van der Waals surface area contributed by atoms with Crippen LogP contribution in [0.5, 0.6) is 5.75 Å². The Bertz CT molecular complexity index is 397. The number of ether oxygens (including phenoxy) is 2. The lowest BCUT2D eigenvalue weighted by molar-refractivity contribution is -0.191. The van der Waals surface area contributed by atoms with Crippen molar-refractivity contribution in [2.45, 2.75) is 12.7 Å². The van der Waals surface area contributed by atoms with E-state index in [4.69, 9.17) is 4.74 Å². The summed E-state index contributed by atoms with van der Waals surface area (Å²) in [6.45, 7) is 1.14. The molecular formula is C11H12O5. The maximum Gasteiger partial charge on any atom is 0.378 e. The zero-order valence-electron chi connectivity index (χ0n) is 8.97. The number of methoxy groups -OCH3 is 1. The lowest BCUT2D eigenvalue weighted by atomic mass is 10.2. The standard InChI is InChI=1S/C11H12O5/c1-11(14,10(13)15-2)16-9-6-4-3-5-8(9)7-12/h3-7,14H,1-2H3. The third-order valence-electron chi connectivity index (χ3n) is 1.92. The first-order valence-electron chi connectivity index (χ1n) is 4.55. The highest BCUT2D eigenvalue weighted by atomic mass is 16.7. The molecule has 0 radical (unpaired) electrons. The van der Waals surface area contributed by atoms with E-state index in [2.05, 4.69) is 4.74 Å². The van der Waals surface area contributed by atoms with Gasteiger partial charge in [0.25, 0.3) is 0 Å². The smallest absolute Gasteiger partial charge is 0.378 e. The van der Waals surface area contributed by atoms with E-state index in [1.807, 2.05) is 0 Å². The zero-order chi connectivity index (χ0) is 12.2. The Hall–Kier alpha value is -1.88. The van der Waals surface area contributed by atoms with Gasteiger partial charge in [-0.1, -0.05) is 12.1 Å². The molecule has 1 aromatic carbocycles. The Morgan fingerprint density at radius 3 is 2.62 bits per heavy atom. The minimum Gasteiger partial charge on any atom is -0.464 e. The first-order valence-corrected chi connectivity index (χ1v) is 4.55. The van der Waals surface area contributed by atoms with E-state index in [-0.39, 0.29) is 11.3 Å². The fourth-order valence-electron chi connectivity index (χ4n) is 1.12. The number of carbonyl (C=O) groups is 2. The van der Waals surface area contributed by atoms with E-state index < -0.39 is 11.8 Å². The SMILES string of the molecule is COC(=O)C(C)(O)Oc1ccccc1C=O. The number of benzene rings is 1. The molecule has 0 saturated carbocycles. The Balaban J connectivity index is 2.95. The van der Waals surface area contributed by atoms with Gasteiger partial charge < -0.3 is 14.6 Å². The molecule has 0 aliphatic carbocycles. The predicted molar refractivity (Wildman–Crippen MR) is 55.1 cm³/mol. The minimum absolute atomic E-state index is 0.118. The molecule has 5 nitrogen and oxygen atoms in total. The van der Waals surface area contributed by atoms with Crippen LogP contribution in [-0.4, -0.2) is 30.3 Å². The van der Waals surface area contributed by atoms with Crippen LogP contribution in [0.4, 0.5) is 0 Å². The normalized spacial score (nSPS) is 13.7. The lowest BCUT2D eigenvalue weighted by Crippen LogP contribution is -2.42. The number of rotatable bonds is 4. The van der Waals surface area contributed by atoms with Crippen molar-refractivity contribution >= 4 is 12.3 Å². The van der Waals surface area contributed by atoms with Gasteiger partial charge in [0.15, 0.2) is 6.29 Å². The maximum atomic E-state index is 11.2. The van der Waals surface area contributed by atoms with Gasteiger partial charge in [0.05, 0.1) is 12.7 Å². The first kappa shape index (κ1) is 12.2. The molecule has 1 N–H and O–H groups in total. The molecule has 86 valence electrons. The van der Waals surface area contributed by atoms with Gasteiger partial charge in [-0.3, -0.25) is 4.79 Å². The molecule has 16 heavy (non-hydrogen) atoms. The fraction of sp³-hybridized carbons (Fsp3) is 0.273. The summed E-state index contributed by atoms with van der Waals surface area (Å²) in [5, 5.41) is 9.64. The van der Waals surface area contributed by atoms with Gasteiger partial charge in [0, 0.05) is 6.92 Å². The number of para-hydroxylation sites is 1. The second-order valence-corrected chi connectivity index (χ2v) is 3.23. The van der Waals surface area contributed by atoms with E-state index >= 15 is 0 Å². The largest absolute Gasteiger partial charge is 0.464 e. The zero-order valence-corrected chi connectivity index (χ0v) is 8.97. The molecule has 0 aliphatic rings. The number of carbonyl (C=O) groups excluding carboxylic acids is 2. The summed E-state index contributed by atoms with van der Waals surface area (Å²) in [7, 11) is 1.13. The monoisotopic (exact) mass is 224 g/mol. The summed E-state index contributed by atoms with van der Waals surface area (Å²) in [5.41, 5.74) is 0.242. The number of hydrogen-bond donors (Lipinski definition) is 1. The van der Waals surface area contributed by atoms with E-state index in [1.165, 1.54) is 12.1 Å². The quantitative estimate of drug-likeness (QED) is 0.464. The summed E-state index contributed by atoms with van der Waals surface area (Å²) < 4.78 is 9.38. The van der Waals surface area contributed by atoms with Crippen LogP contribution in [0.3, 0.4) is 0 Å². The summed E-state index contributed by atoms with van der Waals surface area (Å²) >= 11 is 0. The summed E-state index contributed by atoms with van der Waals surface area (Å²) in [5.74, 6) is -2.94.